The van der Waals surface area contributed by atoms with Crippen LogP contribution in [0.3, 0.4) is 0 Å². The SMILES string of the molecule is CCOCCCn1c(NC(=O)c2cc(F)ccc2Br)nc2ccccc21. The Balaban J connectivity index is 1.88. The van der Waals surface area contributed by atoms with Crippen molar-refractivity contribution < 1.29 is 13.9 Å². The molecule has 0 aliphatic carbocycles. The van der Waals surface area contributed by atoms with Gasteiger partial charge in [-0.05, 0) is 59.6 Å². The molecule has 0 atom stereocenters. The van der Waals surface area contributed by atoms with Crippen molar-refractivity contribution in [2.24, 2.45) is 0 Å². The highest BCUT2D eigenvalue weighted by Gasteiger charge is 2.16. The molecule has 0 unspecified atom stereocenters. The molecule has 0 spiro atoms. The zero-order chi connectivity index (χ0) is 18.5. The van der Waals surface area contributed by atoms with E-state index >= 15 is 0 Å². The number of aromatic nitrogens is 2. The van der Waals surface area contributed by atoms with Gasteiger partial charge in [0.15, 0.2) is 0 Å². The minimum atomic E-state index is -0.469. The van der Waals surface area contributed by atoms with Crippen molar-refractivity contribution in [3.8, 4) is 0 Å². The number of hydrogen-bond acceptors (Lipinski definition) is 3. The van der Waals surface area contributed by atoms with Crippen molar-refractivity contribution >= 4 is 38.8 Å². The van der Waals surface area contributed by atoms with E-state index in [1.54, 1.807) is 0 Å². The third kappa shape index (κ3) is 4.11. The van der Waals surface area contributed by atoms with Crippen LogP contribution in [-0.2, 0) is 11.3 Å². The summed E-state index contributed by atoms with van der Waals surface area (Å²) >= 11 is 3.29. The summed E-state index contributed by atoms with van der Waals surface area (Å²) in [5.41, 5.74) is 1.94. The van der Waals surface area contributed by atoms with Gasteiger partial charge in [0.1, 0.15) is 5.82 Å². The average molecular weight is 420 g/mol. The summed E-state index contributed by atoms with van der Waals surface area (Å²) in [5, 5.41) is 2.80. The number of aryl methyl sites for hydroxylation is 1. The Morgan fingerprint density at radius 3 is 2.92 bits per heavy atom. The van der Waals surface area contributed by atoms with Gasteiger partial charge >= 0.3 is 0 Å². The monoisotopic (exact) mass is 419 g/mol. The highest BCUT2D eigenvalue weighted by molar-refractivity contribution is 9.10. The fourth-order valence-electron chi connectivity index (χ4n) is 2.71. The molecule has 1 heterocycles. The van der Waals surface area contributed by atoms with Gasteiger partial charge in [-0.3, -0.25) is 10.1 Å². The molecule has 3 rings (SSSR count). The van der Waals surface area contributed by atoms with Crippen LogP contribution in [0.1, 0.15) is 23.7 Å². The Morgan fingerprint density at radius 2 is 2.12 bits per heavy atom. The summed E-state index contributed by atoms with van der Waals surface area (Å²) in [6.45, 7) is 3.91. The zero-order valence-corrected chi connectivity index (χ0v) is 15.9. The van der Waals surface area contributed by atoms with Gasteiger partial charge in [0.05, 0.1) is 16.6 Å². The van der Waals surface area contributed by atoms with Crippen molar-refractivity contribution in [3.05, 3.63) is 58.3 Å². The minimum absolute atomic E-state index is 0.220. The van der Waals surface area contributed by atoms with Gasteiger partial charge in [0.2, 0.25) is 5.95 Å². The fourth-order valence-corrected chi connectivity index (χ4v) is 3.13. The van der Waals surface area contributed by atoms with Gasteiger partial charge in [-0.2, -0.15) is 0 Å². The number of rotatable bonds is 7. The third-order valence-electron chi connectivity index (χ3n) is 3.93. The lowest BCUT2D eigenvalue weighted by Crippen LogP contribution is -2.17. The molecular formula is C19H19BrFN3O2. The number of anilines is 1. The number of nitrogens with one attached hydrogen (secondary N) is 1. The lowest BCUT2D eigenvalue weighted by molar-refractivity contribution is 0.102. The van der Waals surface area contributed by atoms with Crippen molar-refractivity contribution in [1.82, 2.24) is 9.55 Å². The quantitative estimate of drug-likeness (QED) is 0.568. The van der Waals surface area contributed by atoms with E-state index in [4.69, 9.17) is 4.74 Å². The first kappa shape index (κ1) is 18.5. The molecular weight excluding hydrogens is 401 g/mol. The summed E-state index contributed by atoms with van der Waals surface area (Å²) in [6, 6.07) is 11.7. The van der Waals surface area contributed by atoms with Crippen LogP contribution in [-0.4, -0.2) is 28.7 Å². The largest absolute Gasteiger partial charge is 0.382 e. The van der Waals surface area contributed by atoms with Crippen molar-refractivity contribution in [3.63, 3.8) is 0 Å². The van der Waals surface area contributed by atoms with E-state index in [0.717, 1.165) is 17.5 Å². The molecule has 3 aromatic rings. The number of nitrogens with zero attached hydrogens (tertiary/aromatic N) is 2. The van der Waals surface area contributed by atoms with E-state index in [1.165, 1.54) is 18.2 Å². The lowest BCUT2D eigenvalue weighted by atomic mass is 10.2. The van der Waals surface area contributed by atoms with Crippen molar-refractivity contribution in [2.75, 3.05) is 18.5 Å². The van der Waals surface area contributed by atoms with Crippen molar-refractivity contribution in [1.29, 1.82) is 0 Å². The molecule has 26 heavy (non-hydrogen) atoms. The van der Waals surface area contributed by atoms with Gasteiger partial charge in [-0.1, -0.05) is 12.1 Å². The molecule has 0 saturated carbocycles. The molecule has 0 aliphatic rings. The second-order valence-corrected chi connectivity index (χ2v) is 6.56. The first-order chi connectivity index (χ1) is 12.6. The number of ether oxygens (including phenoxy) is 1. The molecule has 0 radical (unpaired) electrons. The number of carbonyl (C=O) groups excluding carboxylic acids is 1. The van der Waals surface area contributed by atoms with Crippen LogP contribution in [0.2, 0.25) is 0 Å². The molecule has 2 aromatic carbocycles. The number of hydrogen-bond donors (Lipinski definition) is 1. The average Bonchev–Trinajstić information content (AvgIpc) is 2.98. The highest BCUT2D eigenvalue weighted by Crippen LogP contribution is 2.23. The third-order valence-corrected chi connectivity index (χ3v) is 4.62. The van der Waals surface area contributed by atoms with Gasteiger partial charge in [0.25, 0.3) is 5.91 Å². The van der Waals surface area contributed by atoms with Gasteiger partial charge in [-0.15, -0.1) is 0 Å². The Kier molecular flexibility index (Phi) is 6.00. The predicted octanol–water partition coefficient (Wildman–Crippen LogP) is 4.62. The van der Waals surface area contributed by atoms with Crippen LogP contribution in [0, 0.1) is 5.82 Å². The Bertz CT molecular complexity index is 926. The van der Waals surface area contributed by atoms with E-state index in [1.807, 2.05) is 35.8 Å². The van der Waals surface area contributed by atoms with E-state index in [-0.39, 0.29) is 5.56 Å². The molecule has 0 bridgehead atoms. The van der Waals surface area contributed by atoms with Crippen LogP contribution < -0.4 is 5.32 Å². The van der Waals surface area contributed by atoms with Crippen molar-refractivity contribution in [2.45, 2.75) is 19.9 Å². The number of imidazole rings is 1. The summed E-state index contributed by atoms with van der Waals surface area (Å²) in [7, 11) is 0. The highest BCUT2D eigenvalue weighted by atomic mass is 79.9. The number of fused-ring (bicyclic) bond motifs is 1. The lowest BCUT2D eigenvalue weighted by Gasteiger charge is -2.11. The summed E-state index contributed by atoms with van der Waals surface area (Å²) in [6.07, 6.45) is 0.792. The molecule has 0 fully saturated rings. The topological polar surface area (TPSA) is 56.1 Å². The normalized spacial score (nSPS) is 11.0. The zero-order valence-electron chi connectivity index (χ0n) is 14.3. The summed E-state index contributed by atoms with van der Waals surface area (Å²) in [4.78, 5) is 17.1. The van der Waals surface area contributed by atoms with Crippen LogP contribution in [0.4, 0.5) is 10.3 Å². The molecule has 1 aromatic heterocycles. The Labute approximate surface area is 159 Å². The molecule has 7 heteroatoms. The summed E-state index contributed by atoms with van der Waals surface area (Å²) < 4.78 is 21.4. The van der Waals surface area contributed by atoms with Crippen LogP contribution in [0.25, 0.3) is 11.0 Å². The molecule has 1 N–H and O–H groups in total. The standard InChI is InChI=1S/C19H19BrFN3O2/c1-2-26-11-5-10-24-17-7-4-3-6-16(17)22-19(24)23-18(25)14-12-13(21)8-9-15(14)20/h3-4,6-9,12H,2,5,10-11H2,1H3,(H,22,23,25). The van der Waals surface area contributed by atoms with Gasteiger partial charge < -0.3 is 9.30 Å². The maximum Gasteiger partial charge on any atom is 0.259 e. The van der Waals surface area contributed by atoms with E-state index in [9.17, 15) is 9.18 Å². The van der Waals surface area contributed by atoms with Gasteiger partial charge in [-0.25, -0.2) is 9.37 Å². The summed E-state index contributed by atoms with van der Waals surface area (Å²) in [5.74, 6) is -0.454. The van der Waals surface area contributed by atoms with Crippen LogP contribution >= 0.6 is 15.9 Å². The second-order valence-electron chi connectivity index (χ2n) is 5.70. The van der Waals surface area contributed by atoms with Crippen LogP contribution in [0.5, 0.6) is 0 Å². The fraction of sp³-hybridized carbons (Fsp3) is 0.263. The van der Waals surface area contributed by atoms with Crippen LogP contribution in [0.15, 0.2) is 46.9 Å². The first-order valence-electron chi connectivity index (χ1n) is 8.39. The van der Waals surface area contributed by atoms with E-state index in [0.29, 0.717) is 30.2 Å². The molecule has 5 nitrogen and oxygen atoms in total. The number of benzene rings is 2. The smallest absolute Gasteiger partial charge is 0.259 e. The first-order valence-corrected chi connectivity index (χ1v) is 9.19. The molecule has 0 aliphatic heterocycles. The minimum Gasteiger partial charge on any atom is -0.382 e. The Morgan fingerprint density at radius 1 is 1.31 bits per heavy atom. The van der Waals surface area contributed by atoms with E-state index < -0.39 is 11.7 Å². The Hall–Kier alpha value is -2.25. The van der Waals surface area contributed by atoms with E-state index in [2.05, 4.69) is 26.2 Å². The predicted molar refractivity (Wildman–Crippen MR) is 103 cm³/mol. The number of carbonyl (C=O) groups is 1. The molecule has 136 valence electrons. The maximum absolute atomic E-state index is 13.5. The number of para-hydroxylation sites is 2. The second kappa shape index (κ2) is 8.42. The molecule has 0 saturated heterocycles. The number of amides is 1. The number of halogens is 2. The van der Waals surface area contributed by atoms with Gasteiger partial charge in [0, 0.05) is 24.2 Å². The molecule has 1 amide bonds. The maximum atomic E-state index is 13.5.